The van der Waals surface area contributed by atoms with E-state index in [-0.39, 0.29) is 11.4 Å². The Morgan fingerprint density at radius 1 is 1.47 bits per heavy atom. The van der Waals surface area contributed by atoms with Gasteiger partial charge < -0.3 is 21.1 Å². The standard InChI is InChI=1S/C14H21N3O2/c1-14(6-3-7-19-9-14)17-12-8-10(13(18)16-2)4-5-11(12)15/h4-5,8,17H,3,6-7,9,15H2,1-2H3,(H,16,18). The predicted octanol–water partition coefficient (Wildman–Crippen LogP) is 1.61. The van der Waals surface area contributed by atoms with Crippen LogP contribution in [-0.4, -0.2) is 31.7 Å². The molecule has 104 valence electrons. The van der Waals surface area contributed by atoms with Crippen LogP contribution >= 0.6 is 0 Å². The number of amides is 1. The molecule has 1 unspecified atom stereocenters. The first kappa shape index (κ1) is 13.7. The fraction of sp³-hybridized carbons (Fsp3) is 0.500. The van der Waals surface area contributed by atoms with E-state index in [2.05, 4.69) is 17.6 Å². The van der Waals surface area contributed by atoms with Crippen molar-refractivity contribution in [3.8, 4) is 0 Å². The number of benzene rings is 1. The Morgan fingerprint density at radius 2 is 2.26 bits per heavy atom. The van der Waals surface area contributed by atoms with E-state index in [4.69, 9.17) is 10.5 Å². The highest BCUT2D eigenvalue weighted by atomic mass is 16.5. The molecule has 1 amide bonds. The highest BCUT2D eigenvalue weighted by Gasteiger charge is 2.28. The molecule has 1 aromatic carbocycles. The van der Waals surface area contributed by atoms with Gasteiger partial charge in [-0.25, -0.2) is 0 Å². The normalized spacial score (nSPS) is 22.8. The van der Waals surface area contributed by atoms with Gasteiger partial charge in [-0.3, -0.25) is 4.79 Å². The van der Waals surface area contributed by atoms with Crippen molar-refractivity contribution in [2.75, 3.05) is 31.3 Å². The zero-order chi connectivity index (χ0) is 13.9. The second-order valence-corrected chi connectivity index (χ2v) is 5.22. The number of ether oxygens (including phenoxy) is 1. The van der Waals surface area contributed by atoms with Gasteiger partial charge in [0.05, 0.1) is 23.5 Å². The van der Waals surface area contributed by atoms with Crippen LogP contribution in [0.3, 0.4) is 0 Å². The highest BCUT2D eigenvalue weighted by molar-refractivity contribution is 5.96. The van der Waals surface area contributed by atoms with Gasteiger partial charge in [0.25, 0.3) is 5.91 Å². The summed E-state index contributed by atoms with van der Waals surface area (Å²) in [5, 5.41) is 6.02. The van der Waals surface area contributed by atoms with E-state index in [1.54, 1.807) is 25.2 Å². The van der Waals surface area contributed by atoms with E-state index in [0.717, 1.165) is 25.1 Å². The van der Waals surface area contributed by atoms with Crippen LogP contribution in [0.5, 0.6) is 0 Å². The summed E-state index contributed by atoms with van der Waals surface area (Å²) in [6, 6.07) is 5.26. The Labute approximate surface area is 113 Å². The summed E-state index contributed by atoms with van der Waals surface area (Å²) in [6.07, 6.45) is 2.05. The summed E-state index contributed by atoms with van der Waals surface area (Å²) in [4.78, 5) is 11.6. The molecule has 1 aromatic rings. The largest absolute Gasteiger partial charge is 0.397 e. The molecule has 0 aliphatic carbocycles. The molecule has 1 atom stereocenters. The van der Waals surface area contributed by atoms with E-state index >= 15 is 0 Å². The minimum atomic E-state index is -0.131. The topological polar surface area (TPSA) is 76.4 Å². The number of carbonyl (C=O) groups excluding carboxylic acids is 1. The Hall–Kier alpha value is -1.75. The van der Waals surface area contributed by atoms with Crippen molar-refractivity contribution in [3.05, 3.63) is 23.8 Å². The predicted molar refractivity (Wildman–Crippen MR) is 76.3 cm³/mol. The molecule has 0 spiro atoms. The lowest BCUT2D eigenvalue weighted by molar-refractivity contribution is 0.0540. The molecule has 1 aliphatic heterocycles. The Bertz CT molecular complexity index is 468. The van der Waals surface area contributed by atoms with Crippen LogP contribution in [0, 0.1) is 0 Å². The lowest BCUT2D eigenvalue weighted by Gasteiger charge is -2.35. The first-order valence-corrected chi connectivity index (χ1v) is 6.52. The van der Waals surface area contributed by atoms with Crippen LogP contribution in [0.2, 0.25) is 0 Å². The number of hydrogen-bond donors (Lipinski definition) is 3. The molecule has 19 heavy (non-hydrogen) atoms. The van der Waals surface area contributed by atoms with Crippen molar-refractivity contribution < 1.29 is 9.53 Å². The number of nitrogen functional groups attached to an aromatic ring is 1. The third-order valence-electron chi connectivity index (χ3n) is 3.42. The number of nitrogens with two attached hydrogens (primary N) is 1. The van der Waals surface area contributed by atoms with E-state index in [1.807, 2.05) is 0 Å². The van der Waals surface area contributed by atoms with Gasteiger partial charge in [-0.05, 0) is 38.0 Å². The van der Waals surface area contributed by atoms with Gasteiger partial charge in [-0.2, -0.15) is 0 Å². The van der Waals surface area contributed by atoms with E-state index < -0.39 is 0 Å². The summed E-state index contributed by atoms with van der Waals surface area (Å²) in [7, 11) is 1.61. The molecule has 0 aromatic heterocycles. The fourth-order valence-electron chi connectivity index (χ4n) is 2.31. The van der Waals surface area contributed by atoms with Crippen LogP contribution in [0.25, 0.3) is 0 Å². The molecule has 0 radical (unpaired) electrons. The minimum Gasteiger partial charge on any atom is -0.397 e. The summed E-state index contributed by atoms with van der Waals surface area (Å²) in [5.74, 6) is -0.118. The maximum Gasteiger partial charge on any atom is 0.251 e. The van der Waals surface area contributed by atoms with Gasteiger partial charge in [0.15, 0.2) is 0 Å². The molecule has 0 bridgehead atoms. The highest BCUT2D eigenvalue weighted by Crippen LogP contribution is 2.28. The van der Waals surface area contributed by atoms with E-state index in [0.29, 0.717) is 17.9 Å². The third kappa shape index (κ3) is 3.17. The summed E-state index contributed by atoms with van der Waals surface area (Å²) >= 11 is 0. The molecule has 5 heteroatoms. The lowest BCUT2D eigenvalue weighted by Crippen LogP contribution is -2.43. The summed E-state index contributed by atoms with van der Waals surface area (Å²) in [5.41, 5.74) is 7.86. The zero-order valence-electron chi connectivity index (χ0n) is 11.5. The number of rotatable bonds is 3. The zero-order valence-corrected chi connectivity index (χ0v) is 11.5. The van der Waals surface area contributed by atoms with Gasteiger partial charge in [0, 0.05) is 19.2 Å². The van der Waals surface area contributed by atoms with Crippen LogP contribution in [0.1, 0.15) is 30.1 Å². The van der Waals surface area contributed by atoms with Gasteiger partial charge in [-0.1, -0.05) is 0 Å². The molecule has 1 saturated heterocycles. The van der Waals surface area contributed by atoms with E-state index in [1.165, 1.54) is 0 Å². The van der Waals surface area contributed by atoms with Gasteiger partial charge in [0.2, 0.25) is 0 Å². The maximum absolute atomic E-state index is 11.6. The van der Waals surface area contributed by atoms with Gasteiger partial charge in [0.1, 0.15) is 0 Å². The van der Waals surface area contributed by atoms with Crippen LogP contribution in [0.15, 0.2) is 18.2 Å². The molecular formula is C14H21N3O2. The first-order chi connectivity index (χ1) is 9.04. The van der Waals surface area contributed by atoms with Crippen LogP contribution in [0.4, 0.5) is 11.4 Å². The van der Waals surface area contributed by atoms with Gasteiger partial charge >= 0.3 is 0 Å². The second kappa shape index (κ2) is 5.48. The molecule has 1 heterocycles. The number of hydrogen-bond acceptors (Lipinski definition) is 4. The fourth-order valence-corrected chi connectivity index (χ4v) is 2.31. The molecule has 4 N–H and O–H groups in total. The van der Waals surface area contributed by atoms with Gasteiger partial charge in [-0.15, -0.1) is 0 Å². The Kier molecular flexibility index (Phi) is 3.95. The Balaban J connectivity index is 2.21. The van der Waals surface area contributed by atoms with Crippen molar-refractivity contribution in [3.63, 3.8) is 0 Å². The first-order valence-electron chi connectivity index (χ1n) is 6.52. The summed E-state index contributed by atoms with van der Waals surface area (Å²) < 4.78 is 5.51. The smallest absolute Gasteiger partial charge is 0.251 e. The summed E-state index contributed by atoms with van der Waals surface area (Å²) in [6.45, 7) is 3.57. The van der Waals surface area contributed by atoms with Crippen molar-refractivity contribution in [2.45, 2.75) is 25.3 Å². The van der Waals surface area contributed by atoms with E-state index in [9.17, 15) is 4.79 Å². The number of nitrogens with one attached hydrogen (secondary N) is 2. The quantitative estimate of drug-likeness (QED) is 0.724. The van der Waals surface area contributed by atoms with Crippen LogP contribution < -0.4 is 16.4 Å². The maximum atomic E-state index is 11.6. The van der Waals surface area contributed by atoms with Crippen molar-refractivity contribution in [1.82, 2.24) is 5.32 Å². The van der Waals surface area contributed by atoms with Crippen LogP contribution in [-0.2, 0) is 4.74 Å². The SMILES string of the molecule is CNC(=O)c1ccc(N)c(NC2(C)CCCOC2)c1. The average Bonchev–Trinajstić information content (AvgIpc) is 2.41. The minimum absolute atomic E-state index is 0.118. The number of carbonyl (C=O) groups is 1. The lowest BCUT2D eigenvalue weighted by atomic mass is 9.94. The van der Waals surface area contributed by atoms with Crippen molar-refractivity contribution >= 4 is 17.3 Å². The Morgan fingerprint density at radius 3 is 2.89 bits per heavy atom. The number of anilines is 2. The molecule has 1 fully saturated rings. The molecule has 0 saturated carbocycles. The van der Waals surface area contributed by atoms with Crippen molar-refractivity contribution in [2.24, 2.45) is 0 Å². The van der Waals surface area contributed by atoms with Crippen molar-refractivity contribution in [1.29, 1.82) is 0 Å². The molecule has 2 rings (SSSR count). The molecule has 5 nitrogen and oxygen atoms in total. The average molecular weight is 263 g/mol. The molecular weight excluding hydrogens is 242 g/mol. The monoisotopic (exact) mass is 263 g/mol. The second-order valence-electron chi connectivity index (χ2n) is 5.22. The molecule has 1 aliphatic rings. The third-order valence-corrected chi connectivity index (χ3v) is 3.42.